The van der Waals surface area contributed by atoms with Gasteiger partial charge in [0, 0.05) is 5.75 Å². The number of hydrogen-bond donors (Lipinski definition) is 2. The maximum absolute atomic E-state index is 12.4. The summed E-state index contributed by atoms with van der Waals surface area (Å²) in [5.41, 5.74) is 5.48. The van der Waals surface area contributed by atoms with E-state index in [0.29, 0.717) is 23.2 Å². The van der Waals surface area contributed by atoms with Gasteiger partial charge in [0.15, 0.2) is 0 Å². The van der Waals surface area contributed by atoms with E-state index in [1.54, 1.807) is 18.2 Å². The van der Waals surface area contributed by atoms with Crippen LogP contribution in [-0.2, 0) is 9.73 Å². The van der Waals surface area contributed by atoms with E-state index in [4.69, 9.17) is 30.9 Å². The minimum Gasteiger partial charge on any atom is -0.493 e. The van der Waals surface area contributed by atoms with Crippen molar-refractivity contribution in [3.63, 3.8) is 0 Å². The van der Waals surface area contributed by atoms with E-state index in [1.165, 1.54) is 32.1 Å². The largest absolute Gasteiger partial charge is 0.493 e. The van der Waals surface area contributed by atoms with Gasteiger partial charge in [-0.05, 0) is 42.3 Å². The summed E-state index contributed by atoms with van der Waals surface area (Å²) in [5.74, 6) is 0.911. The fourth-order valence-electron chi connectivity index (χ4n) is 2.77. The molecule has 4 radical (unpaired) electrons. The number of hydrogen-bond acceptors (Lipinski definition) is 4. The second-order valence-corrected chi connectivity index (χ2v) is 8.33. The van der Waals surface area contributed by atoms with Crippen molar-refractivity contribution in [2.45, 2.75) is 42.3 Å². The molecule has 1 fully saturated rings. The van der Waals surface area contributed by atoms with Gasteiger partial charge < -0.3 is 10.5 Å². The minimum absolute atomic E-state index is 0.300. The Morgan fingerprint density at radius 1 is 1.32 bits per heavy atom. The fourth-order valence-corrected chi connectivity index (χ4v) is 4.25. The Morgan fingerprint density at radius 2 is 2.00 bits per heavy atom. The van der Waals surface area contributed by atoms with E-state index < -0.39 is 15.1 Å². The lowest BCUT2D eigenvalue weighted by atomic mass is 9.64. The lowest BCUT2D eigenvalue weighted by Gasteiger charge is -2.23. The molecule has 0 aliphatic heterocycles. The van der Waals surface area contributed by atoms with Crippen molar-refractivity contribution in [2.75, 3.05) is 12.4 Å². The van der Waals surface area contributed by atoms with Crippen molar-refractivity contribution in [1.29, 1.82) is 4.78 Å². The molecule has 2 rings (SSSR count). The molecule has 22 heavy (non-hydrogen) atoms. The van der Waals surface area contributed by atoms with Crippen LogP contribution in [0.4, 0.5) is 0 Å². The van der Waals surface area contributed by atoms with Gasteiger partial charge in [-0.1, -0.05) is 25.3 Å². The topological polar surface area (TPSA) is 76.2 Å². The molecule has 0 amide bonds. The van der Waals surface area contributed by atoms with E-state index in [2.05, 4.69) is 0 Å². The minimum atomic E-state index is -3.14. The normalized spacial score (nSPS) is 19.5. The Bertz CT molecular complexity index is 594. The number of rotatable bonds is 6. The summed E-state index contributed by atoms with van der Waals surface area (Å²) < 4.78 is 26.2. The van der Waals surface area contributed by atoms with E-state index in [9.17, 15) is 4.21 Å². The molecular weight excluding hydrogens is 294 g/mol. The zero-order chi connectivity index (χ0) is 16.2. The van der Waals surface area contributed by atoms with E-state index in [-0.39, 0.29) is 5.75 Å². The maximum atomic E-state index is 12.4. The Labute approximate surface area is 136 Å². The van der Waals surface area contributed by atoms with Gasteiger partial charge in [0.05, 0.1) is 36.9 Å². The third-order valence-electron chi connectivity index (χ3n) is 3.85. The van der Waals surface area contributed by atoms with Crippen molar-refractivity contribution in [1.82, 2.24) is 0 Å². The summed E-state index contributed by atoms with van der Waals surface area (Å²) in [4.78, 5) is 0.347. The third kappa shape index (κ3) is 5.36. The first-order valence-corrected chi connectivity index (χ1v) is 9.35. The predicted octanol–water partition coefficient (Wildman–Crippen LogP) is 2.00. The number of ether oxygens (including phenoxy) is 1. The number of nitrogens with two attached hydrogens (primary N) is 1. The molecule has 7 heteroatoms. The number of nitrogens with one attached hydrogen (secondary N) is 1. The molecule has 1 unspecified atom stereocenters. The maximum Gasteiger partial charge on any atom is 0.120 e. The number of benzene rings is 1. The molecule has 1 aliphatic carbocycles. The molecule has 3 N–H and O–H groups in total. The van der Waals surface area contributed by atoms with Gasteiger partial charge in [-0.15, -0.1) is 0 Å². The van der Waals surface area contributed by atoms with E-state index in [1.807, 2.05) is 6.07 Å². The zero-order valence-electron chi connectivity index (χ0n) is 12.8. The molecular formula is C15H22B2N2O2S. The van der Waals surface area contributed by atoms with Gasteiger partial charge in [0.25, 0.3) is 0 Å². The molecule has 1 aromatic rings. The molecule has 0 bridgehead atoms. The van der Waals surface area contributed by atoms with Crippen LogP contribution in [0.3, 0.4) is 0 Å². The molecule has 0 heterocycles. The second-order valence-electron chi connectivity index (χ2n) is 6.22. The lowest BCUT2D eigenvalue weighted by Crippen LogP contribution is -2.47. The smallest absolute Gasteiger partial charge is 0.120 e. The third-order valence-corrected chi connectivity index (χ3v) is 5.77. The van der Waals surface area contributed by atoms with Gasteiger partial charge in [0.2, 0.25) is 0 Å². The van der Waals surface area contributed by atoms with Crippen LogP contribution < -0.4 is 10.5 Å². The van der Waals surface area contributed by atoms with Gasteiger partial charge in [-0.2, -0.15) is 0 Å². The van der Waals surface area contributed by atoms with Crippen LogP contribution in [-0.4, -0.2) is 37.6 Å². The lowest BCUT2D eigenvalue weighted by molar-refractivity contribution is 0.208. The molecule has 4 nitrogen and oxygen atoms in total. The zero-order valence-corrected chi connectivity index (χ0v) is 13.6. The second kappa shape index (κ2) is 7.09. The average Bonchev–Trinajstić information content (AvgIpc) is 2.44. The van der Waals surface area contributed by atoms with E-state index >= 15 is 0 Å². The average molecular weight is 316 g/mol. The summed E-state index contributed by atoms with van der Waals surface area (Å²) in [6.45, 7) is 0.664. The Morgan fingerprint density at radius 3 is 2.64 bits per heavy atom. The summed E-state index contributed by atoms with van der Waals surface area (Å²) in [6, 6.07) is 6.78. The van der Waals surface area contributed by atoms with Gasteiger partial charge in [-0.3, -0.25) is 0 Å². The van der Waals surface area contributed by atoms with Crippen molar-refractivity contribution in [3.05, 3.63) is 24.3 Å². The first-order chi connectivity index (χ1) is 10.3. The highest BCUT2D eigenvalue weighted by Gasteiger charge is 2.21. The van der Waals surface area contributed by atoms with Gasteiger partial charge >= 0.3 is 0 Å². The Balaban J connectivity index is 2.03. The van der Waals surface area contributed by atoms with Crippen molar-refractivity contribution in [2.24, 2.45) is 11.7 Å². The summed E-state index contributed by atoms with van der Waals surface area (Å²) >= 11 is 0. The summed E-state index contributed by atoms with van der Waals surface area (Å²) in [7, 11) is 7.82. The standard InChI is InChI=1S/C15H22B2N2O2S/c16-15(17,18)11-22(19,20)14-8-4-7-13(9-14)21-10-12-5-2-1-3-6-12/h4,7-9,12,19H,1-3,5-6,10-11,18H2. The van der Waals surface area contributed by atoms with Crippen LogP contribution >= 0.6 is 0 Å². The molecule has 1 atom stereocenters. The molecule has 1 aromatic carbocycles. The molecule has 1 aliphatic rings. The van der Waals surface area contributed by atoms with Crippen LogP contribution in [0.2, 0.25) is 0 Å². The van der Waals surface area contributed by atoms with Crippen LogP contribution in [0, 0.1) is 10.7 Å². The molecule has 116 valence electrons. The molecule has 0 saturated heterocycles. The first-order valence-electron chi connectivity index (χ1n) is 7.62. The molecule has 1 saturated carbocycles. The highest BCUT2D eigenvalue weighted by Crippen LogP contribution is 2.26. The molecule has 0 spiro atoms. The molecule has 0 aromatic heterocycles. The van der Waals surface area contributed by atoms with E-state index in [0.717, 1.165) is 0 Å². The van der Waals surface area contributed by atoms with Crippen LogP contribution in [0.15, 0.2) is 29.2 Å². The quantitative estimate of drug-likeness (QED) is 0.788. The Kier molecular flexibility index (Phi) is 5.61. The highest BCUT2D eigenvalue weighted by molar-refractivity contribution is 7.92. The van der Waals surface area contributed by atoms with Crippen LogP contribution in [0.25, 0.3) is 0 Å². The van der Waals surface area contributed by atoms with Gasteiger partial charge in [0.1, 0.15) is 5.75 Å². The fraction of sp³-hybridized carbons (Fsp3) is 0.600. The first kappa shape index (κ1) is 17.4. The SMILES string of the molecule is [B]C([B])(N)CS(=N)(=O)c1cccc(OCC2CCCCC2)c1. The van der Waals surface area contributed by atoms with Crippen molar-refractivity contribution < 1.29 is 8.95 Å². The Hall–Kier alpha value is -0.940. The predicted molar refractivity (Wildman–Crippen MR) is 90.9 cm³/mol. The summed E-state index contributed by atoms with van der Waals surface area (Å²) in [5, 5.41) is -1.63. The summed E-state index contributed by atoms with van der Waals surface area (Å²) in [6.07, 6.45) is 6.24. The van der Waals surface area contributed by atoms with Crippen LogP contribution in [0.1, 0.15) is 32.1 Å². The van der Waals surface area contributed by atoms with Crippen molar-refractivity contribution in [3.8, 4) is 5.75 Å². The van der Waals surface area contributed by atoms with Crippen molar-refractivity contribution >= 4 is 25.4 Å². The van der Waals surface area contributed by atoms with Gasteiger partial charge in [-0.25, -0.2) is 8.99 Å². The highest BCUT2D eigenvalue weighted by atomic mass is 32.2. The van der Waals surface area contributed by atoms with Crippen LogP contribution in [0.5, 0.6) is 5.75 Å². The monoisotopic (exact) mass is 316 g/mol.